The van der Waals surface area contributed by atoms with Gasteiger partial charge in [0.05, 0.1) is 37.0 Å². The van der Waals surface area contributed by atoms with Crippen LogP contribution < -0.4 is 4.74 Å². The molecule has 2 bridgehead atoms. The van der Waals surface area contributed by atoms with Crippen molar-refractivity contribution in [3.05, 3.63) is 95.9 Å². The Labute approximate surface area is 213 Å². The molecule has 3 aliphatic heterocycles. The summed E-state index contributed by atoms with van der Waals surface area (Å²) in [5.41, 5.74) is 6.98. The second-order valence-corrected chi connectivity index (χ2v) is 9.53. The van der Waals surface area contributed by atoms with E-state index in [9.17, 15) is 0 Å². The van der Waals surface area contributed by atoms with E-state index < -0.39 is 0 Å². The number of ether oxygens (including phenoxy) is 2. The third-order valence-electron chi connectivity index (χ3n) is 7.56. The van der Waals surface area contributed by atoms with Crippen LogP contribution in [0.2, 0.25) is 0 Å². The first-order valence-electron chi connectivity index (χ1n) is 12.5. The number of pyridine rings is 1. The molecule has 5 nitrogen and oxygen atoms in total. The van der Waals surface area contributed by atoms with Crippen LogP contribution in [0.1, 0.15) is 35.6 Å². The van der Waals surface area contributed by atoms with Crippen LogP contribution in [0.4, 0.5) is 0 Å². The van der Waals surface area contributed by atoms with Crippen LogP contribution >= 0.6 is 0 Å². The van der Waals surface area contributed by atoms with Crippen molar-refractivity contribution in [1.82, 2.24) is 9.88 Å². The molecule has 5 atom stereocenters. The van der Waals surface area contributed by atoms with Gasteiger partial charge in [-0.15, -0.1) is 12.3 Å². The zero-order valence-corrected chi connectivity index (χ0v) is 20.6. The van der Waals surface area contributed by atoms with Gasteiger partial charge in [-0.1, -0.05) is 18.2 Å². The molecule has 3 fully saturated rings. The topological polar surface area (TPSA) is 58.4 Å². The van der Waals surface area contributed by atoms with Crippen molar-refractivity contribution in [3.8, 4) is 11.8 Å². The molecule has 1 unspecified atom stereocenters. The highest BCUT2D eigenvalue weighted by Gasteiger charge is 2.43. The average molecular weight is 478 g/mol. The Balaban J connectivity index is 1.42. The van der Waals surface area contributed by atoms with E-state index in [1.165, 1.54) is 6.42 Å². The van der Waals surface area contributed by atoms with Gasteiger partial charge in [-0.2, -0.15) is 5.26 Å². The highest BCUT2D eigenvalue weighted by Crippen LogP contribution is 2.43. The lowest BCUT2D eigenvalue weighted by Crippen LogP contribution is -2.55. The smallest absolute Gasteiger partial charge is 0.119 e. The van der Waals surface area contributed by atoms with E-state index in [0.29, 0.717) is 30.0 Å². The fraction of sp³-hybridized carbons (Fsp3) is 0.323. The maximum Gasteiger partial charge on any atom is 0.119 e. The average Bonchev–Trinajstić information content (AvgIpc) is 2.95. The van der Waals surface area contributed by atoms with Gasteiger partial charge in [0.2, 0.25) is 0 Å². The van der Waals surface area contributed by atoms with Gasteiger partial charge >= 0.3 is 0 Å². The van der Waals surface area contributed by atoms with Crippen molar-refractivity contribution < 1.29 is 9.47 Å². The van der Waals surface area contributed by atoms with Crippen LogP contribution in [-0.4, -0.2) is 42.7 Å². The Bertz CT molecular complexity index is 1330. The molecule has 182 valence electrons. The number of fused-ring (bicyclic) bond motifs is 4. The molecule has 3 saturated heterocycles. The predicted molar refractivity (Wildman–Crippen MR) is 142 cm³/mol. The minimum atomic E-state index is -0.0934. The number of hydrogen-bond acceptors (Lipinski definition) is 5. The summed E-state index contributed by atoms with van der Waals surface area (Å²) >= 11 is 0. The van der Waals surface area contributed by atoms with E-state index in [1.807, 2.05) is 54.7 Å². The summed E-state index contributed by atoms with van der Waals surface area (Å²) in [6, 6.07) is 18.0. The first-order chi connectivity index (χ1) is 17.7. The summed E-state index contributed by atoms with van der Waals surface area (Å²) in [6.45, 7) is 6.67. The fourth-order valence-electron chi connectivity index (χ4n) is 5.63. The van der Waals surface area contributed by atoms with Crippen LogP contribution in [0, 0.1) is 23.2 Å². The molecule has 3 aromatic rings. The minimum absolute atomic E-state index is 0.0934. The molecular weight excluding hydrogens is 446 g/mol. The highest BCUT2D eigenvalue weighted by atomic mass is 16.5. The van der Waals surface area contributed by atoms with E-state index in [4.69, 9.17) is 14.7 Å². The molecule has 0 aliphatic carbocycles. The van der Waals surface area contributed by atoms with E-state index in [2.05, 4.69) is 46.5 Å². The van der Waals surface area contributed by atoms with Gasteiger partial charge in [0.15, 0.2) is 0 Å². The van der Waals surface area contributed by atoms with Crippen LogP contribution in [0.25, 0.3) is 17.0 Å². The van der Waals surface area contributed by atoms with E-state index >= 15 is 0 Å². The molecule has 0 N–H and O–H groups in total. The Morgan fingerprint density at radius 1 is 1.22 bits per heavy atom. The van der Waals surface area contributed by atoms with Gasteiger partial charge in [0.25, 0.3) is 0 Å². The quantitative estimate of drug-likeness (QED) is 0.297. The van der Waals surface area contributed by atoms with Crippen molar-refractivity contribution in [2.45, 2.75) is 25.0 Å². The normalized spacial score (nSPS) is 23.3. The van der Waals surface area contributed by atoms with E-state index in [1.54, 1.807) is 7.11 Å². The van der Waals surface area contributed by atoms with Crippen molar-refractivity contribution in [1.29, 1.82) is 5.26 Å². The van der Waals surface area contributed by atoms with Gasteiger partial charge in [-0.25, -0.2) is 0 Å². The molecule has 3 aliphatic rings. The largest absolute Gasteiger partial charge is 0.497 e. The monoisotopic (exact) mass is 477 g/mol. The number of hydrogen-bond donors (Lipinski definition) is 0. The first kappa shape index (κ1) is 24.0. The number of rotatable bonds is 8. The summed E-state index contributed by atoms with van der Waals surface area (Å²) in [7, 11) is 1.69. The zero-order valence-electron chi connectivity index (χ0n) is 20.6. The molecule has 2 aromatic carbocycles. The summed E-state index contributed by atoms with van der Waals surface area (Å²) in [5.74, 6) is 2.02. The maximum atomic E-state index is 8.97. The highest BCUT2D eigenvalue weighted by molar-refractivity contribution is 5.84. The third kappa shape index (κ3) is 4.98. The summed E-state index contributed by atoms with van der Waals surface area (Å²) in [6.07, 6.45) is 10.1. The van der Waals surface area contributed by atoms with Gasteiger partial charge in [0, 0.05) is 24.2 Å². The number of piperidine rings is 3. The zero-order chi connectivity index (χ0) is 24.9. The molecular formula is C31H31N3O2. The Kier molecular flexibility index (Phi) is 7.30. The summed E-state index contributed by atoms with van der Waals surface area (Å²) in [5, 5.41) is 10.0. The Hall–Kier alpha value is -3.68. The lowest BCUT2D eigenvalue weighted by atomic mass is 9.73. The van der Waals surface area contributed by atoms with Crippen LogP contribution in [0.15, 0.2) is 79.2 Å². The third-order valence-corrected chi connectivity index (χ3v) is 7.56. The molecule has 4 heterocycles. The maximum absolute atomic E-state index is 8.97. The second kappa shape index (κ2) is 10.9. The lowest BCUT2D eigenvalue weighted by Gasteiger charge is -2.51. The van der Waals surface area contributed by atoms with Crippen LogP contribution in [-0.2, 0) is 4.74 Å². The number of nitriles is 1. The number of benzene rings is 2. The molecule has 6 rings (SSSR count). The number of nitrogens with zero attached hydrogens (tertiary/aromatic N) is 3. The van der Waals surface area contributed by atoms with Gasteiger partial charge in [-0.05, 0) is 90.9 Å². The summed E-state index contributed by atoms with van der Waals surface area (Å²) in [4.78, 5) is 7.17. The standard InChI is InChI=1S/C31H31N3O2/c1-3-24-21-34-16-14-25(24)18-30(34)31(27-13-15-33-29-12-11-26(35-2)19-28(27)29)36-17-5-4-6-22-7-9-23(20-32)10-8-22/h3,5-13,15,19,24-25,30-31H,1,14,16-18,21H2,2H3/t4?,24-,25-,30-,31+/m0/s1. The van der Waals surface area contributed by atoms with Gasteiger partial charge < -0.3 is 9.47 Å². The Morgan fingerprint density at radius 3 is 2.81 bits per heavy atom. The fourth-order valence-corrected chi connectivity index (χ4v) is 5.63. The van der Waals surface area contributed by atoms with Gasteiger partial charge in [0.1, 0.15) is 5.75 Å². The van der Waals surface area contributed by atoms with E-state index in [-0.39, 0.29) is 6.10 Å². The number of methoxy groups -OCH3 is 1. The van der Waals surface area contributed by atoms with Crippen LogP contribution in [0.3, 0.4) is 0 Å². The number of aromatic nitrogens is 1. The Morgan fingerprint density at radius 2 is 2.08 bits per heavy atom. The molecule has 5 heteroatoms. The SMILES string of the molecule is C=C[C@H]1CN2CC[C@H]1C[C@H]2[C@H](OCC=C=Cc1ccc(C#N)cc1)c1ccnc2ccc(OC)cc12. The van der Waals surface area contributed by atoms with Crippen molar-refractivity contribution in [2.24, 2.45) is 11.8 Å². The molecule has 0 radical (unpaired) electrons. The molecule has 0 amide bonds. The minimum Gasteiger partial charge on any atom is -0.497 e. The lowest BCUT2D eigenvalue weighted by molar-refractivity contribution is -0.0684. The predicted octanol–water partition coefficient (Wildman–Crippen LogP) is 5.94. The first-order valence-corrected chi connectivity index (χ1v) is 12.5. The van der Waals surface area contributed by atoms with E-state index in [0.717, 1.165) is 47.3 Å². The molecule has 36 heavy (non-hydrogen) atoms. The van der Waals surface area contributed by atoms with Crippen molar-refractivity contribution in [2.75, 3.05) is 26.8 Å². The second-order valence-electron chi connectivity index (χ2n) is 9.53. The van der Waals surface area contributed by atoms with Crippen LogP contribution in [0.5, 0.6) is 5.75 Å². The summed E-state index contributed by atoms with van der Waals surface area (Å²) < 4.78 is 12.2. The molecule has 0 spiro atoms. The molecule has 1 aromatic heterocycles. The van der Waals surface area contributed by atoms with Crippen molar-refractivity contribution >= 4 is 17.0 Å². The molecule has 0 saturated carbocycles. The van der Waals surface area contributed by atoms with Gasteiger partial charge in [-0.3, -0.25) is 9.88 Å². The van der Waals surface area contributed by atoms with Crippen molar-refractivity contribution in [3.63, 3.8) is 0 Å².